The van der Waals surface area contributed by atoms with E-state index in [2.05, 4.69) is 24.1 Å². The Morgan fingerprint density at radius 3 is 2.88 bits per heavy atom. The molecule has 1 heterocycles. The minimum absolute atomic E-state index is 0.155. The van der Waals surface area contributed by atoms with Crippen molar-refractivity contribution >= 4 is 5.91 Å². The zero-order valence-corrected chi connectivity index (χ0v) is 10.8. The van der Waals surface area contributed by atoms with E-state index in [1.807, 2.05) is 19.2 Å². The average Bonchev–Trinajstić information content (AvgIpc) is 2.29. The molecular formula is C13H21N3O. The second-order valence-corrected chi connectivity index (χ2v) is 4.47. The van der Waals surface area contributed by atoms with Gasteiger partial charge in [-0.3, -0.25) is 9.78 Å². The minimum atomic E-state index is 0.155. The first-order chi connectivity index (χ1) is 8.09. The number of rotatable bonds is 6. The Balaban J connectivity index is 2.32. The van der Waals surface area contributed by atoms with Crippen molar-refractivity contribution in [1.82, 2.24) is 15.2 Å². The number of carbonyl (C=O) groups is 1. The number of pyridine rings is 1. The summed E-state index contributed by atoms with van der Waals surface area (Å²) in [7, 11) is 1.82. The van der Waals surface area contributed by atoms with Crippen molar-refractivity contribution in [3.05, 3.63) is 30.1 Å². The number of nitrogens with zero attached hydrogens (tertiary/aromatic N) is 2. The van der Waals surface area contributed by atoms with Crippen molar-refractivity contribution in [2.24, 2.45) is 0 Å². The third-order valence-corrected chi connectivity index (χ3v) is 2.46. The number of aromatic nitrogens is 1. The quantitative estimate of drug-likeness (QED) is 0.811. The number of hydrogen-bond acceptors (Lipinski definition) is 3. The molecule has 1 aromatic rings. The fourth-order valence-corrected chi connectivity index (χ4v) is 1.51. The zero-order valence-electron chi connectivity index (χ0n) is 10.8. The number of nitrogens with one attached hydrogen (secondary N) is 1. The molecule has 0 spiro atoms. The number of hydrogen-bond donors (Lipinski definition) is 1. The molecule has 0 saturated carbocycles. The van der Waals surface area contributed by atoms with E-state index in [4.69, 9.17) is 0 Å². The van der Waals surface area contributed by atoms with Crippen LogP contribution in [0.3, 0.4) is 0 Å². The highest BCUT2D eigenvalue weighted by Gasteiger charge is 2.08. The molecule has 1 aromatic heterocycles. The third kappa shape index (κ3) is 5.45. The summed E-state index contributed by atoms with van der Waals surface area (Å²) in [4.78, 5) is 17.6. The monoisotopic (exact) mass is 235 g/mol. The minimum Gasteiger partial charge on any atom is -0.341 e. The molecule has 0 atom stereocenters. The van der Waals surface area contributed by atoms with E-state index in [0.29, 0.717) is 19.0 Å². The molecule has 0 aliphatic carbocycles. The summed E-state index contributed by atoms with van der Waals surface area (Å²) >= 11 is 0. The van der Waals surface area contributed by atoms with Crippen molar-refractivity contribution < 1.29 is 4.79 Å². The standard InChI is InChI=1S/C13H21N3O/c1-11(2)15-8-6-13(17)16(3)10-12-5-4-7-14-9-12/h4-5,7,9,11,15H,6,8,10H2,1-3H3. The maximum atomic E-state index is 11.8. The van der Waals surface area contributed by atoms with Gasteiger partial charge in [-0.05, 0) is 11.6 Å². The predicted molar refractivity (Wildman–Crippen MR) is 68.5 cm³/mol. The normalized spacial score (nSPS) is 10.6. The Labute approximate surface area is 103 Å². The van der Waals surface area contributed by atoms with Gasteiger partial charge in [0.25, 0.3) is 0 Å². The van der Waals surface area contributed by atoms with Crippen LogP contribution in [0.1, 0.15) is 25.8 Å². The maximum absolute atomic E-state index is 11.8. The van der Waals surface area contributed by atoms with Gasteiger partial charge in [0, 0.05) is 45.0 Å². The molecule has 17 heavy (non-hydrogen) atoms. The van der Waals surface area contributed by atoms with Gasteiger partial charge in [-0.15, -0.1) is 0 Å². The van der Waals surface area contributed by atoms with Gasteiger partial charge in [-0.2, -0.15) is 0 Å². The highest BCUT2D eigenvalue weighted by atomic mass is 16.2. The van der Waals surface area contributed by atoms with Gasteiger partial charge in [0.05, 0.1) is 0 Å². The number of carbonyl (C=O) groups excluding carboxylic acids is 1. The van der Waals surface area contributed by atoms with Crippen molar-refractivity contribution in [3.63, 3.8) is 0 Å². The molecule has 1 amide bonds. The molecule has 0 unspecified atom stereocenters. The smallest absolute Gasteiger partial charge is 0.223 e. The van der Waals surface area contributed by atoms with Gasteiger partial charge in [-0.25, -0.2) is 0 Å². The highest BCUT2D eigenvalue weighted by Crippen LogP contribution is 2.02. The summed E-state index contributed by atoms with van der Waals surface area (Å²) in [6.07, 6.45) is 4.06. The molecule has 0 radical (unpaired) electrons. The van der Waals surface area contributed by atoms with Crippen LogP contribution in [0.2, 0.25) is 0 Å². The molecule has 0 bridgehead atoms. The number of amides is 1. The van der Waals surface area contributed by atoms with Crippen LogP contribution >= 0.6 is 0 Å². The van der Waals surface area contributed by atoms with Gasteiger partial charge < -0.3 is 10.2 Å². The lowest BCUT2D eigenvalue weighted by Gasteiger charge is -2.17. The van der Waals surface area contributed by atoms with E-state index in [-0.39, 0.29) is 5.91 Å². The van der Waals surface area contributed by atoms with Crippen LogP contribution in [0.4, 0.5) is 0 Å². The van der Waals surface area contributed by atoms with Crippen LogP contribution in [0, 0.1) is 0 Å². The summed E-state index contributed by atoms with van der Waals surface area (Å²) in [5.41, 5.74) is 1.06. The lowest BCUT2D eigenvalue weighted by Crippen LogP contribution is -2.31. The summed E-state index contributed by atoms with van der Waals surface area (Å²) in [5, 5.41) is 3.24. The Kier molecular flexibility index (Phi) is 5.63. The van der Waals surface area contributed by atoms with Crippen molar-refractivity contribution in [2.45, 2.75) is 32.9 Å². The van der Waals surface area contributed by atoms with E-state index in [1.165, 1.54) is 0 Å². The molecule has 4 heteroatoms. The van der Waals surface area contributed by atoms with Gasteiger partial charge in [-0.1, -0.05) is 19.9 Å². The first-order valence-electron chi connectivity index (χ1n) is 5.96. The highest BCUT2D eigenvalue weighted by molar-refractivity contribution is 5.76. The van der Waals surface area contributed by atoms with E-state index >= 15 is 0 Å². The first-order valence-corrected chi connectivity index (χ1v) is 5.96. The van der Waals surface area contributed by atoms with Crippen LogP contribution in [-0.2, 0) is 11.3 Å². The lowest BCUT2D eigenvalue weighted by atomic mass is 10.2. The van der Waals surface area contributed by atoms with Crippen LogP contribution in [0.15, 0.2) is 24.5 Å². The molecule has 0 fully saturated rings. The molecule has 94 valence electrons. The predicted octanol–water partition coefficient (Wildman–Crippen LogP) is 1.43. The summed E-state index contributed by atoms with van der Waals surface area (Å²) in [5.74, 6) is 0.155. The van der Waals surface area contributed by atoms with Crippen molar-refractivity contribution in [3.8, 4) is 0 Å². The SMILES string of the molecule is CC(C)NCCC(=O)N(C)Cc1cccnc1. The Hall–Kier alpha value is -1.42. The van der Waals surface area contributed by atoms with Gasteiger partial charge in [0.2, 0.25) is 5.91 Å². The summed E-state index contributed by atoms with van der Waals surface area (Å²) in [6, 6.07) is 4.28. The van der Waals surface area contributed by atoms with Crippen molar-refractivity contribution in [1.29, 1.82) is 0 Å². The first kappa shape index (κ1) is 13.6. The lowest BCUT2D eigenvalue weighted by molar-refractivity contribution is -0.130. The van der Waals surface area contributed by atoms with E-state index in [1.54, 1.807) is 17.3 Å². The van der Waals surface area contributed by atoms with Crippen LogP contribution in [0.5, 0.6) is 0 Å². The van der Waals surface area contributed by atoms with Gasteiger partial charge in [0.1, 0.15) is 0 Å². The summed E-state index contributed by atoms with van der Waals surface area (Å²) < 4.78 is 0. The topological polar surface area (TPSA) is 45.2 Å². The Bertz CT molecular complexity index is 338. The molecule has 0 aliphatic heterocycles. The molecule has 1 rings (SSSR count). The molecular weight excluding hydrogens is 214 g/mol. The van der Waals surface area contributed by atoms with Crippen molar-refractivity contribution in [2.75, 3.05) is 13.6 Å². The molecule has 0 aliphatic rings. The van der Waals surface area contributed by atoms with E-state index < -0.39 is 0 Å². The fourth-order valence-electron chi connectivity index (χ4n) is 1.51. The molecule has 4 nitrogen and oxygen atoms in total. The van der Waals surface area contributed by atoms with E-state index in [9.17, 15) is 4.79 Å². The van der Waals surface area contributed by atoms with Gasteiger partial charge >= 0.3 is 0 Å². The Morgan fingerprint density at radius 1 is 1.53 bits per heavy atom. The third-order valence-electron chi connectivity index (χ3n) is 2.46. The van der Waals surface area contributed by atoms with Crippen LogP contribution < -0.4 is 5.32 Å². The van der Waals surface area contributed by atoms with Crippen LogP contribution in [0.25, 0.3) is 0 Å². The second kappa shape index (κ2) is 7.01. The fraction of sp³-hybridized carbons (Fsp3) is 0.538. The Morgan fingerprint density at radius 2 is 2.29 bits per heavy atom. The maximum Gasteiger partial charge on any atom is 0.223 e. The molecule has 1 N–H and O–H groups in total. The second-order valence-electron chi connectivity index (χ2n) is 4.47. The molecule has 0 aromatic carbocycles. The zero-order chi connectivity index (χ0) is 12.7. The summed E-state index contributed by atoms with van der Waals surface area (Å²) in [6.45, 7) is 5.50. The van der Waals surface area contributed by atoms with Crippen LogP contribution in [-0.4, -0.2) is 35.4 Å². The molecule has 0 saturated heterocycles. The van der Waals surface area contributed by atoms with Gasteiger partial charge in [0.15, 0.2) is 0 Å². The largest absolute Gasteiger partial charge is 0.341 e. The average molecular weight is 235 g/mol. The van der Waals surface area contributed by atoms with E-state index in [0.717, 1.165) is 12.1 Å².